The molecule has 1 aliphatic heterocycles. The number of nitro benzene ring substituents is 1. The highest BCUT2D eigenvalue weighted by Gasteiger charge is 2.27. The van der Waals surface area contributed by atoms with Gasteiger partial charge in [0.15, 0.2) is 5.70 Å². The first-order valence-corrected chi connectivity index (χ1v) is 6.36. The van der Waals surface area contributed by atoms with E-state index in [9.17, 15) is 14.9 Å². The number of carbonyl (C=O) groups excluding carboxylic acids is 1. The van der Waals surface area contributed by atoms with Crippen LogP contribution in [0.3, 0.4) is 0 Å². The number of rotatable bonds is 3. The number of hydrogen-bond donors (Lipinski definition) is 0. The Morgan fingerprint density at radius 1 is 1.27 bits per heavy atom. The molecule has 0 atom stereocenters. The number of hydrogen-bond acceptors (Lipinski definition) is 6. The number of cyclic esters (lactones) is 1. The molecule has 0 amide bonds. The smallest absolute Gasteiger partial charge is 0.363 e. The van der Waals surface area contributed by atoms with E-state index in [2.05, 4.69) is 4.99 Å². The lowest BCUT2D eigenvalue weighted by Gasteiger charge is -2.04. The van der Waals surface area contributed by atoms with Crippen LogP contribution in [0, 0.1) is 17.0 Å². The summed E-state index contributed by atoms with van der Waals surface area (Å²) in [5, 5.41) is 11.0. The normalized spacial score (nSPS) is 15.8. The van der Waals surface area contributed by atoms with Crippen molar-refractivity contribution in [1.82, 2.24) is 0 Å². The van der Waals surface area contributed by atoms with Crippen LogP contribution in [0.2, 0.25) is 0 Å². The second-order valence-corrected chi connectivity index (χ2v) is 4.56. The third kappa shape index (κ3) is 2.39. The molecule has 22 heavy (non-hydrogen) atoms. The summed E-state index contributed by atoms with van der Waals surface area (Å²) in [4.78, 5) is 26.4. The standard InChI is InChI=1S/C15H10N2O5/c1-9-11(5-2-6-13(9)17(19)20)14-16-12(15(18)22-14)8-10-4-3-7-21-10/h2-8H,1H3/b12-8+. The molecule has 1 aliphatic rings. The molecule has 3 rings (SSSR count). The maximum absolute atomic E-state index is 11.8. The molecular weight excluding hydrogens is 288 g/mol. The van der Waals surface area contributed by atoms with E-state index in [1.54, 1.807) is 25.1 Å². The minimum atomic E-state index is -0.627. The van der Waals surface area contributed by atoms with Gasteiger partial charge in [0.2, 0.25) is 5.90 Å². The van der Waals surface area contributed by atoms with Gasteiger partial charge in [-0.15, -0.1) is 0 Å². The van der Waals surface area contributed by atoms with E-state index >= 15 is 0 Å². The summed E-state index contributed by atoms with van der Waals surface area (Å²) in [7, 11) is 0. The SMILES string of the molecule is Cc1c(C2=N/C(=C/c3ccco3)C(=O)O2)cccc1[N+](=O)[O-]. The molecule has 0 saturated carbocycles. The van der Waals surface area contributed by atoms with Crippen LogP contribution in [-0.2, 0) is 9.53 Å². The van der Waals surface area contributed by atoms with Crippen LogP contribution in [0.5, 0.6) is 0 Å². The molecule has 2 heterocycles. The quantitative estimate of drug-likeness (QED) is 0.376. The minimum absolute atomic E-state index is 0.0454. The van der Waals surface area contributed by atoms with E-state index in [4.69, 9.17) is 9.15 Å². The number of aliphatic imine (C=N–C) groups is 1. The van der Waals surface area contributed by atoms with Gasteiger partial charge in [0.25, 0.3) is 5.69 Å². The Hall–Kier alpha value is -3.22. The molecule has 0 radical (unpaired) electrons. The number of furan rings is 1. The Kier molecular flexibility index (Phi) is 3.30. The molecule has 0 saturated heterocycles. The van der Waals surface area contributed by atoms with Crippen LogP contribution in [0.1, 0.15) is 16.9 Å². The molecule has 2 aromatic rings. The molecule has 0 bridgehead atoms. The molecule has 1 aromatic heterocycles. The van der Waals surface area contributed by atoms with Crippen molar-refractivity contribution in [3.63, 3.8) is 0 Å². The highest BCUT2D eigenvalue weighted by atomic mass is 16.6. The average molecular weight is 298 g/mol. The molecule has 0 spiro atoms. The van der Waals surface area contributed by atoms with Crippen molar-refractivity contribution in [2.24, 2.45) is 4.99 Å². The zero-order valence-corrected chi connectivity index (χ0v) is 11.5. The molecule has 0 unspecified atom stereocenters. The molecule has 1 aromatic carbocycles. The molecule has 0 fully saturated rings. The Morgan fingerprint density at radius 3 is 2.77 bits per heavy atom. The third-order valence-electron chi connectivity index (χ3n) is 3.17. The highest BCUT2D eigenvalue weighted by molar-refractivity contribution is 6.13. The van der Waals surface area contributed by atoms with E-state index in [-0.39, 0.29) is 17.3 Å². The van der Waals surface area contributed by atoms with E-state index in [1.807, 2.05) is 0 Å². The molecule has 0 aliphatic carbocycles. The van der Waals surface area contributed by atoms with Gasteiger partial charge in [-0.05, 0) is 25.1 Å². The third-order valence-corrected chi connectivity index (χ3v) is 3.17. The number of benzene rings is 1. The Balaban J connectivity index is 2.02. The predicted octanol–water partition coefficient (Wildman–Crippen LogP) is 2.84. The van der Waals surface area contributed by atoms with Crippen molar-refractivity contribution in [2.45, 2.75) is 6.92 Å². The summed E-state index contributed by atoms with van der Waals surface area (Å²) in [5.74, 6) is -0.117. The van der Waals surface area contributed by atoms with Crippen molar-refractivity contribution in [3.05, 3.63) is 69.3 Å². The summed E-state index contributed by atoms with van der Waals surface area (Å²) >= 11 is 0. The van der Waals surface area contributed by atoms with Gasteiger partial charge in [0, 0.05) is 23.3 Å². The number of ether oxygens (including phenoxy) is 1. The van der Waals surface area contributed by atoms with Gasteiger partial charge in [-0.1, -0.05) is 6.07 Å². The molecule has 7 nitrogen and oxygen atoms in total. The van der Waals surface area contributed by atoms with Crippen LogP contribution >= 0.6 is 0 Å². The van der Waals surface area contributed by atoms with Crippen LogP contribution in [0.25, 0.3) is 6.08 Å². The van der Waals surface area contributed by atoms with E-state index < -0.39 is 10.9 Å². The van der Waals surface area contributed by atoms with E-state index in [0.29, 0.717) is 16.9 Å². The summed E-state index contributed by atoms with van der Waals surface area (Å²) < 4.78 is 10.2. The average Bonchev–Trinajstić information content (AvgIpc) is 3.10. The summed E-state index contributed by atoms with van der Waals surface area (Å²) in [6.45, 7) is 1.58. The summed E-state index contributed by atoms with van der Waals surface area (Å²) in [5.41, 5.74) is 0.819. The van der Waals surface area contributed by atoms with E-state index in [1.165, 1.54) is 24.5 Å². The first-order chi connectivity index (χ1) is 10.6. The zero-order chi connectivity index (χ0) is 15.7. The first kappa shape index (κ1) is 13.7. The van der Waals surface area contributed by atoms with Gasteiger partial charge in [0.05, 0.1) is 11.2 Å². The van der Waals surface area contributed by atoms with Crippen molar-refractivity contribution >= 4 is 23.6 Å². The molecule has 7 heteroatoms. The summed E-state index contributed by atoms with van der Waals surface area (Å²) in [6, 6.07) is 7.87. The largest absolute Gasteiger partial charge is 0.465 e. The van der Waals surface area contributed by atoms with Gasteiger partial charge in [-0.25, -0.2) is 9.79 Å². The topological polar surface area (TPSA) is 94.9 Å². The predicted molar refractivity (Wildman–Crippen MR) is 77.1 cm³/mol. The number of nitro groups is 1. The van der Waals surface area contributed by atoms with Crippen molar-refractivity contribution < 1.29 is 18.9 Å². The minimum Gasteiger partial charge on any atom is -0.465 e. The Bertz CT molecular complexity index is 818. The second kappa shape index (κ2) is 5.28. The van der Waals surface area contributed by atoms with E-state index in [0.717, 1.165) is 0 Å². The number of nitrogens with zero attached hydrogens (tertiary/aromatic N) is 2. The lowest BCUT2D eigenvalue weighted by molar-refractivity contribution is -0.385. The van der Waals surface area contributed by atoms with Gasteiger partial charge < -0.3 is 9.15 Å². The van der Waals surface area contributed by atoms with Gasteiger partial charge in [-0.2, -0.15) is 0 Å². The lowest BCUT2D eigenvalue weighted by atomic mass is 10.1. The maximum Gasteiger partial charge on any atom is 0.363 e. The van der Waals surface area contributed by atoms with Crippen LogP contribution < -0.4 is 0 Å². The fraction of sp³-hybridized carbons (Fsp3) is 0.0667. The van der Waals surface area contributed by atoms with Crippen LogP contribution in [-0.4, -0.2) is 16.8 Å². The number of carbonyl (C=O) groups is 1. The van der Waals surface area contributed by atoms with Crippen molar-refractivity contribution in [2.75, 3.05) is 0 Å². The molecule has 0 N–H and O–H groups in total. The fourth-order valence-electron chi connectivity index (χ4n) is 2.09. The maximum atomic E-state index is 11.8. The van der Waals surface area contributed by atoms with Crippen LogP contribution in [0.15, 0.2) is 51.7 Å². The van der Waals surface area contributed by atoms with Gasteiger partial charge in [-0.3, -0.25) is 10.1 Å². The second-order valence-electron chi connectivity index (χ2n) is 4.56. The monoisotopic (exact) mass is 298 g/mol. The van der Waals surface area contributed by atoms with Gasteiger partial charge in [0.1, 0.15) is 5.76 Å². The summed E-state index contributed by atoms with van der Waals surface area (Å²) in [6.07, 6.45) is 2.92. The van der Waals surface area contributed by atoms with Gasteiger partial charge >= 0.3 is 5.97 Å². The van der Waals surface area contributed by atoms with Crippen molar-refractivity contribution in [3.8, 4) is 0 Å². The molecule has 110 valence electrons. The first-order valence-electron chi connectivity index (χ1n) is 6.36. The molecular formula is C15H10N2O5. The Morgan fingerprint density at radius 2 is 2.09 bits per heavy atom. The lowest BCUT2D eigenvalue weighted by Crippen LogP contribution is -2.08. The Labute approximate surface area is 124 Å². The number of esters is 1. The fourth-order valence-corrected chi connectivity index (χ4v) is 2.09. The zero-order valence-electron chi connectivity index (χ0n) is 11.5. The highest BCUT2D eigenvalue weighted by Crippen LogP contribution is 2.26. The van der Waals surface area contributed by atoms with Crippen molar-refractivity contribution in [1.29, 1.82) is 0 Å². The van der Waals surface area contributed by atoms with Crippen LogP contribution in [0.4, 0.5) is 5.69 Å².